The van der Waals surface area contributed by atoms with Gasteiger partial charge in [0, 0.05) is 42.7 Å². The summed E-state index contributed by atoms with van der Waals surface area (Å²) >= 11 is 14.3. The SMILES string of the molecule is CCCc1cc(C(N)=NO)c(-c2cc(F)ccc2Cl)c(-c2ccc(O)cc2)c1.Cc1csc(C)c1-c1c(C(N)=NO)cc(Cl)cc1-c1ccc(O)cc1. The average molecular weight is 772 g/mol. The van der Waals surface area contributed by atoms with Crippen LogP contribution in [-0.4, -0.2) is 32.3 Å². The molecule has 0 saturated carbocycles. The Kier molecular flexibility index (Phi) is 12.3. The maximum atomic E-state index is 14.0. The highest BCUT2D eigenvalue weighted by molar-refractivity contribution is 7.10. The Morgan fingerprint density at radius 3 is 1.75 bits per heavy atom. The molecule has 53 heavy (non-hydrogen) atoms. The Morgan fingerprint density at radius 2 is 1.25 bits per heavy atom. The van der Waals surface area contributed by atoms with Gasteiger partial charge in [-0.3, -0.25) is 0 Å². The summed E-state index contributed by atoms with van der Waals surface area (Å²) in [5, 5.41) is 47.0. The average Bonchev–Trinajstić information content (AvgIpc) is 3.48. The van der Waals surface area contributed by atoms with Crippen molar-refractivity contribution in [2.75, 3.05) is 0 Å². The zero-order valence-electron chi connectivity index (χ0n) is 29.0. The molecule has 6 rings (SSSR count). The lowest BCUT2D eigenvalue weighted by Gasteiger charge is -2.18. The van der Waals surface area contributed by atoms with E-state index >= 15 is 0 Å². The van der Waals surface area contributed by atoms with Crippen molar-refractivity contribution in [1.82, 2.24) is 0 Å². The third kappa shape index (κ3) is 8.58. The molecule has 0 aliphatic rings. The summed E-state index contributed by atoms with van der Waals surface area (Å²) in [7, 11) is 0. The van der Waals surface area contributed by atoms with Crippen molar-refractivity contribution in [1.29, 1.82) is 0 Å². The number of hydrogen-bond donors (Lipinski definition) is 6. The van der Waals surface area contributed by atoms with Gasteiger partial charge in [-0.05, 0) is 125 Å². The van der Waals surface area contributed by atoms with Crippen molar-refractivity contribution in [2.45, 2.75) is 33.6 Å². The van der Waals surface area contributed by atoms with Gasteiger partial charge < -0.3 is 32.1 Å². The van der Waals surface area contributed by atoms with Crippen molar-refractivity contribution in [3.8, 4) is 56.0 Å². The molecule has 272 valence electrons. The number of hydrogen-bond acceptors (Lipinski definition) is 7. The van der Waals surface area contributed by atoms with Gasteiger partial charge in [0.25, 0.3) is 0 Å². The number of halogens is 3. The van der Waals surface area contributed by atoms with Crippen LogP contribution in [0.3, 0.4) is 0 Å². The maximum absolute atomic E-state index is 14.0. The molecule has 8 N–H and O–H groups in total. The van der Waals surface area contributed by atoms with Crippen LogP contribution in [0.1, 0.15) is 40.5 Å². The lowest BCUT2D eigenvalue weighted by Crippen LogP contribution is -2.16. The van der Waals surface area contributed by atoms with E-state index in [-0.39, 0.29) is 23.2 Å². The van der Waals surface area contributed by atoms with E-state index in [1.54, 1.807) is 53.8 Å². The van der Waals surface area contributed by atoms with Crippen LogP contribution in [-0.2, 0) is 6.42 Å². The topological polar surface area (TPSA) is 158 Å². The number of thiophene rings is 1. The number of oxime groups is 2. The number of phenols is 2. The summed E-state index contributed by atoms with van der Waals surface area (Å²) in [6.45, 7) is 6.13. The molecule has 1 heterocycles. The van der Waals surface area contributed by atoms with Crippen molar-refractivity contribution in [2.24, 2.45) is 21.8 Å². The molecule has 0 saturated heterocycles. The van der Waals surface area contributed by atoms with Gasteiger partial charge in [-0.1, -0.05) is 77.2 Å². The van der Waals surface area contributed by atoms with E-state index in [2.05, 4.69) is 22.6 Å². The number of aryl methyl sites for hydroxylation is 3. The van der Waals surface area contributed by atoms with Crippen LogP contribution in [0, 0.1) is 19.7 Å². The summed E-state index contributed by atoms with van der Waals surface area (Å²) in [5.74, 6) is -0.211. The number of nitrogens with two attached hydrogens (primary N) is 2. The number of aromatic hydroxyl groups is 2. The Bertz CT molecular complexity index is 2310. The molecular weight excluding hydrogens is 734 g/mol. The largest absolute Gasteiger partial charge is 0.508 e. The van der Waals surface area contributed by atoms with E-state index in [9.17, 15) is 25.0 Å². The third-order valence-corrected chi connectivity index (χ3v) is 10.1. The standard InChI is InChI=1S/C22H20ClFN2O2.C19H17ClN2O2S/c1-2-3-13-10-17(14-4-7-16(27)8-5-14)21(19(11-13)22(25)26-28)18-12-15(24)6-9-20(18)23;1-10-9-25-11(2)17(10)18-15(12-3-5-14(23)6-4-12)7-13(20)8-16(18)19(21)22-24/h4-12,27-28H,2-3H2,1H3,(H2,25,26);3-9,23-24H,1-2H3,(H2,21,22). The minimum Gasteiger partial charge on any atom is -0.508 e. The summed E-state index contributed by atoms with van der Waals surface area (Å²) in [6.07, 6.45) is 1.69. The number of benzene rings is 5. The first kappa shape index (κ1) is 38.7. The van der Waals surface area contributed by atoms with Gasteiger partial charge in [0.15, 0.2) is 11.7 Å². The molecule has 0 unspecified atom stereocenters. The minimum atomic E-state index is -0.445. The zero-order chi connectivity index (χ0) is 38.4. The second-order valence-corrected chi connectivity index (χ2v) is 14.2. The van der Waals surface area contributed by atoms with Crippen LogP contribution < -0.4 is 11.5 Å². The minimum absolute atomic E-state index is 0.00234. The third-order valence-electron chi connectivity index (χ3n) is 8.57. The van der Waals surface area contributed by atoms with Gasteiger partial charge in [-0.25, -0.2) is 4.39 Å². The number of nitrogens with zero attached hydrogens (tertiary/aromatic N) is 2. The van der Waals surface area contributed by atoms with Gasteiger partial charge in [0.05, 0.1) is 0 Å². The van der Waals surface area contributed by atoms with Crippen LogP contribution in [0.15, 0.2) is 107 Å². The van der Waals surface area contributed by atoms with Crippen LogP contribution in [0.2, 0.25) is 10.0 Å². The lowest BCUT2D eigenvalue weighted by atomic mass is 9.87. The van der Waals surface area contributed by atoms with E-state index < -0.39 is 5.82 Å². The Balaban J connectivity index is 0.000000206. The molecule has 12 heteroatoms. The highest BCUT2D eigenvalue weighted by Gasteiger charge is 2.22. The van der Waals surface area contributed by atoms with Crippen molar-refractivity contribution < 1.29 is 25.0 Å². The van der Waals surface area contributed by atoms with E-state index in [4.69, 9.17) is 34.7 Å². The monoisotopic (exact) mass is 770 g/mol. The van der Waals surface area contributed by atoms with Crippen molar-refractivity contribution >= 4 is 46.2 Å². The highest BCUT2D eigenvalue weighted by atomic mass is 35.5. The van der Waals surface area contributed by atoms with Crippen molar-refractivity contribution in [3.63, 3.8) is 0 Å². The van der Waals surface area contributed by atoms with Gasteiger partial charge in [-0.2, -0.15) is 0 Å². The van der Waals surface area contributed by atoms with Gasteiger partial charge >= 0.3 is 0 Å². The van der Waals surface area contributed by atoms with Gasteiger partial charge in [0.2, 0.25) is 0 Å². The molecule has 0 fully saturated rings. The summed E-state index contributed by atoms with van der Waals surface area (Å²) in [5.41, 5.74) is 21.2. The first-order chi connectivity index (χ1) is 25.4. The highest BCUT2D eigenvalue weighted by Crippen LogP contribution is 2.43. The second kappa shape index (κ2) is 16.9. The fraction of sp³-hybridized carbons (Fsp3) is 0.122. The van der Waals surface area contributed by atoms with Crippen molar-refractivity contribution in [3.05, 3.63) is 139 Å². The lowest BCUT2D eigenvalue weighted by molar-refractivity contribution is 0.318. The second-order valence-electron chi connectivity index (χ2n) is 12.2. The first-order valence-corrected chi connectivity index (χ1v) is 18.1. The first-order valence-electron chi connectivity index (χ1n) is 16.4. The number of rotatable bonds is 8. The van der Waals surface area contributed by atoms with Crippen LogP contribution >= 0.6 is 34.5 Å². The molecule has 8 nitrogen and oxygen atoms in total. The Labute approximate surface area is 320 Å². The molecule has 0 spiro atoms. The predicted octanol–water partition coefficient (Wildman–Crippen LogP) is 10.7. The molecule has 0 bridgehead atoms. The molecular formula is C41H37Cl2FN4O4S. The fourth-order valence-electron chi connectivity index (χ4n) is 6.18. The Morgan fingerprint density at radius 1 is 0.698 bits per heavy atom. The van der Waals surface area contributed by atoms with Gasteiger partial charge in [-0.15, -0.1) is 11.3 Å². The summed E-state index contributed by atoms with van der Waals surface area (Å²) in [4.78, 5) is 1.13. The molecule has 0 aliphatic heterocycles. The van der Waals surface area contributed by atoms with Crippen LogP contribution in [0.25, 0.3) is 44.5 Å². The number of phenolic OH excluding ortho intramolecular Hbond substituents is 2. The van der Waals surface area contributed by atoms with E-state index in [0.29, 0.717) is 32.3 Å². The predicted molar refractivity (Wildman–Crippen MR) is 214 cm³/mol. The molecule has 0 amide bonds. The van der Waals surface area contributed by atoms with E-state index in [0.717, 1.165) is 62.2 Å². The van der Waals surface area contributed by atoms with Crippen LogP contribution in [0.4, 0.5) is 4.39 Å². The molecule has 5 aromatic carbocycles. The summed E-state index contributed by atoms with van der Waals surface area (Å²) < 4.78 is 14.0. The molecule has 0 radical (unpaired) electrons. The molecule has 1 aromatic heterocycles. The fourth-order valence-corrected chi connectivity index (χ4v) is 7.47. The number of amidine groups is 2. The van der Waals surface area contributed by atoms with E-state index in [1.165, 1.54) is 18.2 Å². The summed E-state index contributed by atoms with van der Waals surface area (Å²) in [6, 6.07) is 25.0. The van der Waals surface area contributed by atoms with E-state index in [1.807, 2.05) is 44.2 Å². The van der Waals surface area contributed by atoms with Gasteiger partial charge in [0.1, 0.15) is 17.3 Å². The molecule has 0 aliphatic carbocycles. The normalized spacial score (nSPS) is 11.7. The zero-order valence-corrected chi connectivity index (χ0v) is 31.4. The smallest absolute Gasteiger partial charge is 0.170 e. The molecule has 0 atom stereocenters. The molecule has 6 aromatic rings. The Hall–Kier alpha value is -5.55. The maximum Gasteiger partial charge on any atom is 0.170 e. The quantitative estimate of drug-likeness (QED) is 0.0391. The van der Waals surface area contributed by atoms with Crippen LogP contribution in [0.5, 0.6) is 11.5 Å².